The second-order valence-electron chi connectivity index (χ2n) is 5.16. The number of hydrogen-bond donors (Lipinski definition) is 2. The zero-order valence-corrected chi connectivity index (χ0v) is 12.2. The average molecular weight is 296 g/mol. The molecule has 0 bridgehead atoms. The molecular formula is C13H20N4O4. The summed E-state index contributed by atoms with van der Waals surface area (Å²) in [5.41, 5.74) is 0.0247. The Kier molecular flexibility index (Phi) is 4.59. The summed E-state index contributed by atoms with van der Waals surface area (Å²) in [6.45, 7) is 0.00741. The highest BCUT2D eigenvalue weighted by Crippen LogP contribution is 2.05. The molecule has 0 radical (unpaired) electrons. The monoisotopic (exact) mass is 296 g/mol. The van der Waals surface area contributed by atoms with Crippen molar-refractivity contribution < 1.29 is 10.2 Å². The van der Waals surface area contributed by atoms with Gasteiger partial charge >= 0.3 is 5.69 Å². The van der Waals surface area contributed by atoms with Gasteiger partial charge in [0.15, 0.2) is 11.2 Å². The summed E-state index contributed by atoms with van der Waals surface area (Å²) in [6, 6.07) is 0. The van der Waals surface area contributed by atoms with Crippen molar-refractivity contribution in [2.45, 2.75) is 31.9 Å². The van der Waals surface area contributed by atoms with Crippen molar-refractivity contribution >= 4 is 11.2 Å². The summed E-state index contributed by atoms with van der Waals surface area (Å²) in [5, 5.41) is 18.0. The SMILES string of the molecule is Cn1cnc2c1c(=O)n(CCCC[C@@H](O)CO)c(=O)n2C. The van der Waals surface area contributed by atoms with E-state index < -0.39 is 11.8 Å². The Labute approximate surface area is 120 Å². The quantitative estimate of drug-likeness (QED) is 0.663. The molecule has 21 heavy (non-hydrogen) atoms. The lowest BCUT2D eigenvalue weighted by molar-refractivity contribution is 0.0858. The van der Waals surface area contributed by atoms with E-state index in [-0.39, 0.29) is 18.7 Å². The molecule has 0 amide bonds. The van der Waals surface area contributed by atoms with Crippen LogP contribution in [-0.4, -0.2) is 41.6 Å². The van der Waals surface area contributed by atoms with E-state index >= 15 is 0 Å². The second kappa shape index (κ2) is 6.23. The van der Waals surface area contributed by atoms with Gasteiger partial charge in [0.05, 0.1) is 19.0 Å². The van der Waals surface area contributed by atoms with Gasteiger partial charge in [-0.1, -0.05) is 0 Å². The highest BCUT2D eigenvalue weighted by molar-refractivity contribution is 5.69. The van der Waals surface area contributed by atoms with E-state index in [9.17, 15) is 14.7 Å². The maximum atomic E-state index is 12.4. The van der Waals surface area contributed by atoms with E-state index in [1.54, 1.807) is 18.7 Å². The van der Waals surface area contributed by atoms with Crippen molar-refractivity contribution in [1.82, 2.24) is 18.7 Å². The fourth-order valence-corrected chi connectivity index (χ4v) is 2.33. The zero-order valence-electron chi connectivity index (χ0n) is 12.2. The topological polar surface area (TPSA) is 102 Å². The number of aryl methyl sites for hydroxylation is 2. The minimum Gasteiger partial charge on any atom is -0.394 e. The van der Waals surface area contributed by atoms with Crippen molar-refractivity contribution in [2.24, 2.45) is 14.1 Å². The number of rotatable bonds is 6. The van der Waals surface area contributed by atoms with Crippen molar-refractivity contribution in [3.8, 4) is 0 Å². The highest BCUT2D eigenvalue weighted by Gasteiger charge is 2.14. The molecule has 0 saturated heterocycles. The van der Waals surface area contributed by atoms with Crippen molar-refractivity contribution in [3.05, 3.63) is 27.2 Å². The third-order valence-corrected chi connectivity index (χ3v) is 3.58. The molecule has 0 aliphatic rings. The Morgan fingerprint density at radius 1 is 1.29 bits per heavy atom. The molecule has 0 unspecified atom stereocenters. The lowest BCUT2D eigenvalue weighted by Crippen LogP contribution is -2.39. The van der Waals surface area contributed by atoms with Crippen LogP contribution in [0.3, 0.4) is 0 Å². The summed E-state index contributed by atoms with van der Waals surface area (Å²) in [5.74, 6) is 0. The van der Waals surface area contributed by atoms with Crippen LogP contribution in [0.2, 0.25) is 0 Å². The molecule has 2 aromatic heterocycles. The minimum absolute atomic E-state index is 0.275. The molecule has 0 fully saturated rings. The van der Waals surface area contributed by atoms with Crippen LogP contribution < -0.4 is 11.2 Å². The molecule has 1 atom stereocenters. The van der Waals surface area contributed by atoms with E-state index in [0.717, 1.165) is 0 Å². The van der Waals surface area contributed by atoms with Gasteiger partial charge < -0.3 is 14.8 Å². The van der Waals surface area contributed by atoms with Crippen LogP contribution in [0.25, 0.3) is 11.2 Å². The molecule has 8 nitrogen and oxygen atoms in total. The van der Waals surface area contributed by atoms with Crippen LogP contribution in [-0.2, 0) is 20.6 Å². The Balaban J connectivity index is 2.26. The van der Waals surface area contributed by atoms with E-state index in [1.165, 1.54) is 15.5 Å². The Morgan fingerprint density at radius 3 is 2.67 bits per heavy atom. The Bertz CT molecular complexity index is 743. The lowest BCUT2D eigenvalue weighted by Gasteiger charge is -2.09. The second-order valence-corrected chi connectivity index (χ2v) is 5.16. The molecule has 2 rings (SSSR count). The number of nitrogens with zero attached hydrogens (tertiary/aromatic N) is 4. The van der Waals surface area contributed by atoms with Gasteiger partial charge in [-0.15, -0.1) is 0 Å². The van der Waals surface area contributed by atoms with Crippen LogP contribution in [0.5, 0.6) is 0 Å². The van der Waals surface area contributed by atoms with Gasteiger partial charge in [0.2, 0.25) is 0 Å². The van der Waals surface area contributed by atoms with Crippen molar-refractivity contribution in [2.75, 3.05) is 6.61 Å². The summed E-state index contributed by atoms with van der Waals surface area (Å²) in [7, 11) is 3.30. The summed E-state index contributed by atoms with van der Waals surface area (Å²) in [6.07, 6.45) is 2.41. The summed E-state index contributed by atoms with van der Waals surface area (Å²) >= 11 is 0. The maximum Gasteiger partial charge on any atom is 0.332 e. The van der Waals surface area contributed by atoms with Gasteiger partial charge in [0.25, 0.3) is 5.56 Å². The molecular weight excluding hydrogens is 276 g/mol. The smallest absolute Gasteiger partial charge is 0.332 e. The molecule has 2 N–H and O–H groups in total. The van der Waals surface area contributed by atoms with Crippen molar-refractivity contribution in [3.63, 3.8) is 0 Å². The van der Waals surface area contributed by atoms with Gasteiger partial charge in [-0.25, -0.2) is 9.78 Å². The molecule has 2 heterocycles. The molecule has 2 aromatic rings. The maximum absolute atomic E-state index is 12.4. The molecule has 0 aromatic carbocycles. The largest absolute Gasteiger partial charge is 0.394 e. The van der Waals surface area contributed by atoms with Gasteiger partial charge in [-0.3, -0.25) is 13.9 Å². The first-order valence-electron chi connectivity index (χ1n) is 6.87. The van der Waals surface area contributed by atoms with Gasteiger partial charge in [-0.2, -0.15) is 0 Å². The molecule has 116 valence electrons. The number of imidazole rings is 1. The first-order chi connectivity index (χ1) is 9.97. The fourth-order valence-electron chi connectivity index (χ4n) is 2.33. The molecule has 0 saturated carbocycles. The zero-order chi connectivity index (χ0) is 15.6. The first-order valence-corrected chi connectivity index (χ1v) is 6.87. The summed E-state index contributed by atoms with van der Waals surface area (Å²) < 4.78 is 4.15. The average Bonchev–Trinajstić information content (AvgIpc) is 2.86. The third kappa shape index (κ3) is 2.91. The van der Waals surface area contributed by atoms with Gasteiger partial charge in [0.1, 0.15) is 0 Å². The Hall–Kier alpha value is -1.93. The predicted octanol–water partition coefficient (Wildman–Crippen LogP) is -1.04. The molecule has 0 spiro atoms. The number of hydrogen-bond acceptors (Lipinski definition) is 5. The number of unbranched alkanes of at least 4 members (excludes halogenated alkanes) is 1. The van der Waals surface area contributed by atoms with Crippen LogP contribution in [0.4, 0.5) is 0 Å². The number of aliphatic hydroxyl groups is 2. The van der Waals surface area contributed by atoms with Gasteiger partial charge in [-0.05, 0) is 19.3 Å². The minimum atomic E-state index is -0.746. The van der Waals surface area contributed by atoms with Crippen LogP contribution in [0, 0.1) is 0 Å². The molecule has 0 aliphatic heterocycles. The third-order valence-electron chi connectivity index (χ3n) is 3.58. The summed E-state index contributed by atoms with van der Waals surface area (Å²) in [4.78, 5) is 28.6. The van der Waals surface area contributed by atoms with Crippen LogP contribution in [0.1, 0.15) is 19.3 Å². The standard InChI is InChI=1S/C13H20N4O4/c1-15-8-14-11-10(15)12(20)17(13(21)16(11)2)6-4-3-5-9(19)7-18/h8-9,18-19H,3-7H2,1-2H3/t9-/m1/s1. The molecule has 8 heteroatoms. The van der Waals surface area contributed by atoms with Crippen LogP contribution in [0.15, 0.2) is 15.9 Å². The van der Waals surface area contributed by atoms with E-state index in [4.69, 9.17) is 5.11 Å². The lowest BCUT2D eigenvalue weighted by atomic mass is 10.1. The highest BCUT2D eigenvalue weighted by atomic mass is 16.3. The Morgan fingerprint density at radius 2 is 2.00 bits per heavy atom. The predicted molar refractivity (Wildman–Crippen MR) is 77.2 cm³/mol. The molecule has 0 aliphatic carbocycles. The number of aliphatic hydroxyl groups excluding tert-OH is 2. The van der Waals surface area contributed by atoms with Crippen LogP contribution >= 0.6 is 0 Å². The number of fused-ring (bicyclic) bond motifs is 1. The number of aromatic nitrogens is 4. The van der Waals surface area contributed by atoms with E-state index in [0.29, 0.717) is 30.4 Å². The van der Waals surface area contributed by atoms with E-state index in [1.807, 2.05) is 0 Å². The van der Waals surface area contributed by atoms with Gasteiger partial charge in [0, 0.05) is 20.6 Å². The first kappa shape index (κ1) is 15.5. The van der Waals surface area contributed by atoms with E-state index in [2.05, 4.69) is 4.98 Å². The normalized spacial score (nSPS) is 13.0. The fraction of sp³-hybridized carbons (Fsp3) is 0.615. The van der Waals surface area contributed by atoms with Crippen molar-refractivity contribution in [1.29, 1.82) is 0 Å².